The van der Waals surface area contributed by atoms with Crippen molar-refractivity contribution in [3.8, 4) is 0 Å². The quantitative estimate of drug-likeness (QED) is 0.600. The Morgan fingerprint density at radius 2 is 2.23 bits per heavy atom. The largest absolute Gasteiger partial charge is 0.398 e. The van der Waals surface area contributed by atoms with Gasteiger partial charge in [-0.3, -0.25) is 0 Å². The number of hydrogen-bond acceptors (Lipinski definition) is 3. The molecule has 2 nitrogen and oxygen atoms in total. The molecule has 0 unspecified atom stereocenters. The first-order chi connectivity index (χ1) is 6.25. The highest BCUT2D eigenvalue weighted by Gasteiger charge is 2.03. The van der Waals surface area contributed by atoms with Gasteiger partial charge in [-0.15, -0.1) is 0 Å². The maximum absolute atomic E-state index is 8.60. The molecule has 0 fully saturated rings. The molecule has 0 radical (unpaired) electrons. The maximum atomic E-state index is 8.60. The average Bonchev–Trinajstić information content (AvgIpc) is 2.10. The van der Waals surface area contributed by atoms with E-state index in [0.29, 0.717) is 10.8 Å². The maximum Gasteiger partial charge on any atom is 0.0521 e. The first-order valence-corrected chi connectivity index (χ1v) is 5.50. The van der Waals surface area contributed by atoms with E-state index in [-0.39, 0.29) is 6.61 Å². The second-order valence-corrected chi connectivity index (χ2v) is 4.10. The van der Waals surface area contributed by atoms with Gasteiger partial charge in [0.2, 0.25) is 0 Å². The molecule has 0 aliphatic rings. The zero-order chi connectivity index (χ0) is 9.68. The summed E-state index contributed by atoms with van der Waals surface area (Å²) in [5, 5.41) is 9.30. The second-order valence-electron chi connectivity index (χ2n) is 2.58. The number of hydrogen-bond donors (Lipinski definition) is 2. The minimum Gasteiger partial charge on any atom is -0.398 e. The number of nitrogen functional groups attached to an aromatic ring is 1. The first kappa shape index (κ1) is 10.7. The van der Waals surface area contributed by atoms with Gasteiger partial charge in [0.05, 0.1) is 6.61 Å². The molecule has 3 N–H and O–H groups in total. The van der Waals surface area contributed by atoms with Gasteiger partial charge in [-0.2, -0.15) is 11.8 Å². The summed E-state index contributed by atoms with van der Waals surface area (Å²) >= 11 is 7.57. The van der Waals surface area contributed by atoms with E-state index in [0.717, 1.165) is 17.0 Å². The van der Waals surface area contributed by atoms with E-state index in [1.165, 1.54) is 0 Å². The molecule has 0 amide bonds. The van der Waals surface area contributed by atoms with E-state index in [1.807, 2.05) is 18.2 Å². The lowest BCUT2D eigenvalue weighted by atomic mass is 10.2. The zero-order valence-electron chi connectivity index (χ0n) is 7.16. The van der Waals surface area contributed by atoms with Crippen LogP contribution in [0.3, 0.4) is 0 Å². The van der Waals surface area contributed by atoms with Crippen LogP contribution in [0.2, 0.25) is 5.02 Å². The van der Waals surface area contributed by atoms with E-state index in [2.05, 4.69) is 0 Å². The molecule has 1 aromatic carbocycles. The molecule has 0 bridgehead atoms. The van der Waals surface area contributed by atoms with Crippen molar-refractivity contribution >= 4 is 29.1 Å². The van der Waals surface area contributed by atoms with Gasteiger partial charge in [0.15, 0.2) is 0 Å². The first-order valence-electron chi connectivity index (χ1n) is 3.97. The molecular formula is C9H12ClNOS. The standard InChI is InChI=1S/C9H12ClNOS/c10-8-2-1-3-9(11)7(8)6-13-5-4-12/h1-3,12H,4-6,11H2. The fraction of sp³-hybridized carbons (Fsp3) is 0.333. The van der Waals surface area contributed by atoms with E-state index in [1.54, 1.807) is 11.8 Å². The molecule has 13 heavy (non-hydrogen) atoms. The van der Waals surface area contributed by atoms with Crippen LogP contribution in [0.15, 0.2) is 18.2 Å². The Labute approximate surface area is 87.1 Å². The number of thioether (sulfide) groups is 1. The van der Waals surface area contributed by atoms with Crippen molar-refractivity contribution in [1.29, 1.82) is 0 Å². The third kappa shape index (κ3) is 3.10. The van der Waals surface area contributed by atoms with Crippen molar-refractivity contribution in [3.63, 3.8) is 0 Å². The molecule has 0 atom stereocenters. The third-order valence-corrected chi connectivity index (χ3v) is 2.96. The normalized spacial score (nSPS) is 10.3. The minimum atomic E-state index is 0.190. The Bertz CT molecular complexity index is 260. The van der Waals surface area contributed by atoms with E-state index < -0.39 is 0 Å². The Morgan fingerprint density at radius 3 is 2.85 bits per heavy atom. The van der Waals surface area contributed by atoms with Gasteiger partial charge in [0, 0.05) is 27.8 Å². The molecule has 0 spiro atoms. The van der Waals surface area contributed by atoms with E-state index in [9.17, 15) is 0 Å². The summed E-state index contributed by atoms with van der Waals surface area (Å²) in [4.78, 5) is 0. The Morgan fingerprint density at radius 1 is 1.46 bits per heavy atom. The van der Waals surface area contributed by atoms with Gasteiger partial charge in [0.25, 0.3) is 0 Å². The van der Waals surface area contributed by atoms with Gasteiger partial charge in [-0.05, 0) is 12.1 Å². The lowest BCUT2D eigenvalue weighted by molar-refractivity contribution is 0.322. The number of benzene rings is 1. The lowest BCUT2D eigenvalue weighted by Crippen LogP contribution is -1.95. The van der Waals surface area contributed by atoms with Gasteiger partial charge in [0.1, 0.15) is 0 Å². The van der Waals surface area contributed by atoms with Crippen molar-refractivity contribution in [2.45, 2.75) is 5.75 Å². The van der Waals surface area contributed by atoms with Crippen molar-refractivity contribution in [2.75, 3.05) is 18.1 Å². The Kier molecular flexibility index (Phi) is 4.42. The fourth-order valence-electron chi connectivity index (χ4n) is 0.966. The average molecular weight is 218 g/mol. The topological polar surface area (TPSA) is 46.2 Å². The van der Waals surface area contributed by atoms with Gasteiger partial charge in [-0.25, -0.2) is 0 Å². The van der Waals surface area contributed by atoms with Crippen LogP contribution >= 0.6 is 23.4 Å². The molecule has 0 aliphatic heterocycles. The molecule has 0 saturated carbocycles. The number of rotatable bonds is 4. The van der Waals surface area contributed by atoms with Crippen LogP contribution in [-0.4, -0.2) is 17.5 Å². The smallest absolute Gasteiger partial charge is 0.0521 e. The molecule has 0 aromatic heterocycles. The molecule has 4 heteroatoms. The van der Waals surface area contributed by atoms with Gasteiger partial charge < -0.3 is 10.8 Å². The van der Waals surface area contributed by atoms with Crippen LogP contribution in [0.1, 0.15) is 5.56 Å². The molecule has 0 heterocycles. The van der Waals surface area contributed by atoms with Crippen LogP contribution < -0.4 is 5.73 Å². The van der Waals surface area contributed by atoms with Crippen LogP contribution in [-0.2, 0) is 5.75 Å². The highest BCUT2D eigenvalue weighted by Crippen LogP contribution is 2.26. The van der Waals surface area contributed by atoms with Gasteiger partial charge in [-0.1, -0.05) is 17.7 Å². The summed E-state index contributed by atoms with van der Waals surface area (Å²) in [5.41, 5.74) is 7.42. The van der Waals surface area contributed by atoms with E-state index >= 15 is 0 Å². The number of nitrogens with two attached hydrogens (primary N) is 1. The summed E-state index contributed by atoms with van der Waals surface area (Å²) in [7, 11) is 0. The van der Waals surface area contributed by atoms with Crippen LogP contribution in [0, 0.1) is 0 Å². The summed E-state index contributed by atoms with van der Waals surface area (Å²) < 4.78 is 0. The van der Waals surface area contributed by atoms with Crippen molar-refractivity contribution in [1.82, 2.24) is 0 Å². The summed E-state index contributed by atoms with van der Waals surface area (Å²) in [6, 6.07) is 5.49. The fourth-order valence-corrected chi connectivity index (χ4v) is 2.09. The van der Waals surface area contributed by atoms with Gasteiger partial charge >= 0.3 is 0 Å². The molecule has 0 aliphatic carbocycles. The molecule has 0 saturated heterocycles. The SMILES string of the molecule is Nc1cccc(Cl)c1CSCCO. The van der Waals surface area contributed by atoms with Crippen LogP contribution in [0.4, 0.5) is 5.69 Å². The number of aliphatic hydroxyl groups excluding tert-OH is 1. The number of aliphatic hydroxyl groups is 1. The molecule has 1 rings (SSSR count). The van der Waals surface area contributed by atoms with E-state index in [4.69, 9.17) is 22.4 Å². The predicted molar refractivity (Wildman–Crippen MR) is 59.1 cm³/mol. The van der Waals surface area contributed by atoms with Crippen LogP contribution in [0.5, 0.6) is 0 Å². The highest BCUT2D eigenvalue weighted by molar-refractivity contribution is 7.98. The summed E-state index contributed by atoms with van der Waals surface area (Å²) in [6.45, 7) is 0.190. The number of halogens is 1. The molecule has 1 aromatic rings. The molecular weight excluding hydrogens is 206 g/mol. The Balaban J connectivity index is 2.64. The summed E-state index contributed by atoms with van der Waals surface area (Å²) in [5.74, 6) is 1.47. The monoisotopic (exact) mass is 217 g/mol. The third-order valence-electron chi connectivity index (χ3n) is 1.64. The van der Waals surface area contributed by atoms with Crippen molar-refractivity contribution in [3.05, 3.63) is 28.8 Å². The second kappa shape index (κ2) is 5.37. The Hall–Kier alpha value is -0.380. The number of anilines is 1. The minimum absolute atomic E-state index is 0.190. The molecule has 72 valence electrons. The summed E-state index contributed by atoms with van der Waals surface area (Å²) in [6.07, 6.45) is 0. The van der Waals surface area contributed by atoms with Crippen molar-refractivity contribution in [2.24, 2.45) is 0 Å². The zero-order valence-corrected chi connectivity index (χ0v) is 8.74. The van der Waals surface area contributed by atoms with Crippen molar-refractivity contribution < 1.29 is 5.11 Å². The lowest BCUT2D eigenvalue weighted by Gasteiger charge is -2.06. The predicted octanol–water partition coefficient (Wildman–Crippen LogP) is 2.15. The van der Waals surface area contributed by atoms with Crippen LogP contribution in [0.25, 0.3) is 0 Å². The highest BCUT2D eigenvalue weighted by atomic mass is 35.5.